The number of guanidine groups is 1. The van der Waals surface area contributed by atoms with Crippen molar-refractivity contribution in [2.75, 3.05) is 26.2 Å². The predicted molar refractivity (Wildman–Crippen MR) is 115 cm³/mol. The second kappa shape index (κ2) is 12.3. The van der Waals surface area contributed by atoms with Crippen LogP contribution in [-0.2, 0) is 16.1 Å². The fourth-order valence-electron chi connectivity index (χ4n) is 2.20. The van der Waals surface area contributed by atoms with Gasteiger partial charge in [0, 0.05) is 25.2 Å². The van der Waals surface area contributed by atoms with Crippen molar-refractivity contribution in [2.24, 2.45) is 10.7 Å². The molecule has 30 heavy (non-hydrogen) atoms. The quantitative estimate of drug-likeness (QED) is 0.223. The molecule has 10 nitrogen and oxygen atoms in total. The number of hydrogen-bond acceptors (Lipinski definition) is 5. The van der Waals surface area contributed by atoms with Crippen LogP contribution in [0.15, 0.2) is 29.3 Å². The lowest BCUT2D eigenvalue weighted by molar-refractivity contribution is -0.117. The van der Waals surface area contributed by atoms with Crippen molar-refractivity contribution in [1.82, 2.24) is 21.3 Å². The summed E-state index contributed by atoms with van der Waals surface area (Å²) in [6.07, 6.45) is -0.466. The van der Waals surface area contributed by atoms with E-state index in [0.717, 1.165) is 5.56 Å². The van der Waals surface area contributed by atoms with Gasteiger partial charge in [-0.3, -0.25) is 9.59 Å². The normalized spacial score (nSPS) is 11.4. The Hall–Kier alpha value is -3.30. The minimum absolute atomic E-state index is 0.203. The molecule has 166 valence electrons. The number of carbonyl (C=O) groups excluding carboxylic acids is 3. The second-order valence-electron chi connectivity index (χ2n) is 7.40. The summed E-state index contributed by atoms with van der Waals surface area (Å²) in [6.45, 7) is 9.12. The zero-order valence-corrected chi connectivity index (χ0v) is 18.0. The minimum atomic E-state index is -0.598. The molecule has 0 spiro atoms. The molecule has 1 rings (SSSR count). The van der Waals surface area contributed by atoms with Crippen molar-refractivity contribution >= 4 is 23.9 Å². The number of nitrogens with zero attached hydrogens (tertiary/aromatic N) is 1. The zero-order valence-electron chi connectivity index (χ0n) is 18.0. The fourth-order valence-corrected chi connectivity index (χ4v) is 2.20. The molecule has 0 heterocycles. The third-order valence-corrected chi connectivity index (χ3v) is 3.49. The molecular formula is C20H32N6O4. The van der Waals surface area contributed by atoms with Crippen molar-refractivity contribution in [2.45, 2.75) is 39.8 Å². The van der Waals surface area contributed by atoms with E-state index in [9.17, 15) is 14.4 Å². The number of nitrogens with two attached hydrogens (primary N) is 1. The summed E-state index contributed by atoms with van der Waals surface area (Å²) in [5.41, 5.74) is 5.82. The Balaban J connectivity index is 2.50. The van der Waals surface area contributed by atoms with Crippen LogP contribution in [0, 0.1) is 0 Å². The zero-order chi connectivity index (χ0) is 22.6. The molecule has 0 unspecified atom stereocenters. The molecule has 0 saturated heterocycles. The molecule has 0 bridgehead atoms. The number of benzene rings is 1. The summed E-state index contributed by atoms with van der Waals surface area (Å²) in [6, 6.07) is 6.89. The molecule has 0 fully saturated rings. The van der Waals surface area contributed by atoms with Crippen LogP contribution in [0.3, 0.4) is 0 Å². The average Bonchev–Trinajstić information content (AvgIpc) is 2.66. The van der Waals surface area contributed by atoms with Gasteiger partial charge in [-0.2, -0.15) is 0 Å². The first-order chi connectivity index (χ1) is 14.1. The first kappa shape index (κ1) is 24.7. The highest BCUT2D eigenvalue weighted by molar-refractivity contribution is 5.96. The van der Waals surface area contributed by atoms with Gasteiger partial charge in [0.2, 0.25) is 5.91 Å². The lowest BCUT2D eigenvalue weighted by Crippen LogP contribution is -2.42. The molecule has 0 aliphatic carbocycles. The topological polar surface area (TPSA) is 147 Å². The number of alkyl carbamates (subject to hydrolysis) is 1. The van der Waals surface area contributed by atoms with E-state index in [1.54, 1.807) is 45.0 Å². The van der Waals surface area contributed by atoms with Crippen LogP contribution in [0.25, 0.3) is 0 Å². The summed E-state index contributed by atoms with van der Waals surface area (Å²) >= 11 is 0. The first-order valence-corrected chi connectivity index (χ1v) is 9.75. The van der Waals surface area contributed by atoms with Crippen LogP contribution in [0.1, 0.15) is 43.6 Å². The summed E-state index contributed by atoms with van der Waals surface area (Å²) < 4.78 is 5.18. The minimum Gasteiger partial charge on any atom is -0.444 e. The van der Waals surface area contributed by atoms with Crippen LogP contribution >= 0.6 is 0 Å². The molecule has 0 atom stereocenters. The smallest absolute Gasteiger partial charge is 0.407 e. The number of amides is 3. The number of primary amides is 1. The molecule has 0 aliphatic rings. The van der Waals surface area contributed by atoms with Gasteiger partial charge in [0.05, 0.1) is 13.1 Å². The van der Waals surface area contributed by atoms with Gasteiger partial charge in [-0.05, 0) is 45.4 Å². The molecular weight excluding hydrogens is 388 g/mol. The van der Waals surface area contributed by atoms with Gasteiger partial charge in [0.1, 0.15) is 5.60 Å². The van der Waals surface area contributed by atoms with Crippen molar-refractivity contribution in [1.29, 1.82) is 0 Å². The molecule has 0 aromatic heterocycles. The maximum Gasteiger partial charge on any atom is 0.407 e. The number of rotatable bonds is 9. The van der Waals surface area contributed by atoms with Gasteiger partial charge >= 0.3 is 6.09 Å². The molecule has 1 aromatic carbocycles. The number of ether oxygens (including phenoxy) is 1. The Bertz CT molecular complexity index is 741. The molecule has 0 aliphatic heterocycles. The Morgan fingerprint density at radius 2 is 1.63 bits per heavy atom. The van der Waals surface area contributed by atoms with Crippen molar-refractivity contribution in [3.8, 4) is 0 Å². The van der Waals surface area contributed by atoms with Crippen LogP contribution < -0.4 is 27.0 Å². The largest absolute Gasteiger partial charge is 0.444 e. The summed E-state index contributed by atoms with van der Waals surface area (Å²) in [5, 5.41) is 11.4. The fraction of sp³-hybridized carbons (Fsp3) is 0.500. The van der Waals surface area contributed by atoms with Crippen molar-refractivity contribution in [3.63, 3.8) is 0 Å². The molecule has 10 heteroatoms. The first-order valence-electron chi connectivity index (χ1n) is 9.75. The third kappa shape index (κ3) is 10.9. The molecule has 3 amide bonds. The highest BCUT2D eigenvalue weighted by Gasteiger charge is 2.15. The number of nitrogens with one attached hydrogen (secondary N) is 4. The van der Waals surface area contributed by atoms with Gasteiger partial charge in [-0.25, -0.2) is 9.79 Å². The molecule has 0 saturated carbocycles. The highest BCUT2D eigenvalue weighted by Crippen LogP contribution is 2.06. The average molecular weight is 421 g/mol. The van der Waals surface area contributed by atoms with Crippen LogP contribution in [0.2, 0.25) is 0 Å². The SMILES string of the molecule is CCNC(=NCc1ccc(C(=O)NCC(N)=O)cc1)NCCNC(=O)OC(C)(C)C. The number of hydrogen-bond donors (Lipinski definition) is 5. The van der Waals surface area contributed by atoms with Gasteiger partial charge in [0.15, 0.2) is 5.96 Å². The third-order valence-electron chi connectivity index (χ3n) is 3.49. The summed E-state index contributed by atoms with van der Waals surface area (Å²) in [4.78, 5) is 38.7. The highest BCUT2D eigenvalue weighted by atomic mass is 16.6. The molecule has 1 aromatic rings. The van der Waals surface area contributed by atoms with Gasteiger partial charge < -0.3 is 31.7 Å². The summed E-state index contributed by atoms with van der Waals surface area (Å²) in [5.74, 6) is -0.359. The van der Waals surface area contributed by atoms with Crippen LogP contribution in [0.5, 0.6) is 0 Å². The lowest BCUT2D eigenvalue weighted by atomic mass is 10.1. The van der Waals surface area contributed by atoms with Crippen LogP contribution in [0.4, 0.5) is 4.79 Å². The lowest BCUT2D eigenvalue weighted by Gasteiger charge is -2.19. The maximum absolute atomic E-state index is 11.9. The number of carbonyl (C=O) groups is 3. The Kier molecular flexibility index (Phi) is 10.1. The standard InChI is InChI=1S/C20H32N6O4/c1-5-22-18(23-10-11-24-19(29)30-20(2,3)4)26-12-14-6-8-15(9-7-14)17(28)25-13-16(21)27/h6-9H,5,10-13H2,1-4H3,(H2,21,27)(H,24,29)(H,25,28)(H2,22,23,26). The Morgan fingerprint density at radius 3 is 2.20 bits per heavy atom. The van der Waals surface area contributed by atoms with E-state index >= 15 is 0 Å². The van der Waals surface area contributed by atoms with E-state index in [1.807, 2.05) is 6.92 Å². The van der Waals surface area contributed by atoms with E-state index in [0.29, 0.717) is 37.7 Å². The van der Waals surface area contributed by atoms with Gasteiger partial charge in [0.25, 0.3) is 5.91 Å². The monoisotopic (exact) mass is 420 g/mol. The summed E-state index contributed by atoms with van der Waals surface area (Å²) in [7, 11) is 0. The van der Waals surface area contributed by atoms with Gasteiger partial charge in [-0.1, -0.05) is 12.1 Å². The van der Waals surface area contributed by atoms with E-state index in [-0.39, 0.29) is 12.5 Å². The Labute approximate surface area is 177 Å². The molecule has 6 N–H and O–H groups in total. The van der Waals surface area contributed by atoms with E-state index in [1.165, 1.54) is 0 Å². The van der Waals surface area contributed by atoms with E-state index < -0.39 is 17.6 Å². The Morgan fingerprint density at radius 1 is 1.00 bits per heavy atom. The van der Waals surface area contributed by atoms with Gasteiger partial charge in [-0.15, -0.1) is 0 Å². The van der Waals surface area contributed by atoms with Crippen molar-refractivity contribution < 1.29 is 19.1 Å². The van der Waals surface area contributed by atoms with Crippen LogP contribution in [-0.4, -0.2) is 55.6 Å². The maximum atomic E-state index is 11.9. The molecule has 0 radical (unpaired) electrons. The van der Waals surface area contributed by atoms with E-state index in [4.69, 9.17) is 10.5 Å². The predicted octanol–water partition coefficient (Wildman–Crippen LogP) is 0.482. The van der Waals surface area contributed by atoms with E-state index in [2.05, 4.69) is 26.3 Å². The van der Waals surface area contributed by atoms with Crippen molar-refractivity contribution in [3.05, 3.63) is 35.4 Å². The second-order valence-corrected chi connectivity index (χ2v) is 7.40. The number of aliphatic imine (C=N–C) groups is 1.